The summed E-state index contributed by atoms with van der Waals surface area (Å²) in [5.74, 6) is 2.15. The standard InChI is InChI=1S/C25H26N4O3/c1-18-23(19(2)32-28-18)17-31-22-10-6-9-21(15-22)25(30)27-12-11-24-26-13-14-29(24)16-20-7-4-3-5-8-20/h3-10,13-15H,11-12,16-17H2,1-2H3,(H,27,30). The van der Waals surface area contributed by atoms with Crippen LogP contribution in [0.25, 0.3) is 0 Å². The lowest BCUT2D eigenvalue weighted by Gasteiger charge is -2.10. The molecular formula is C25H26N4O3. The quantitative estimate of drug-likeness (QED) is 0.433. The molecule has 0 atom stereocenters. The Kier molecular flexibility index (Phi) is 6.65. The molecule has 7 heteroatoms. The Hall–Kier alpha value is -3.87. The van der Waals surface area contributed by atoms with Crippen LogP contribution in [0.15, 0.2) is 71.5 Å². The maximum absolute atomic E-state index is 12.6. The Morgan fingerprint density at radius 1 is 1.12 bits per heavy atom. The maximum atomic E-state index is 12.6. The van der Waals surface area contributed by atoms with Crippen LogP contribution in [0.2, 0.25) is 0 Å². The van der Waals surface area contributed by atoms with Crippen molar-refractivity contribution in [1.29, 1.82) is 0 Å². The summed E-state index contributed by atoms with van der Waals surface area (Å²) < 4.78 is 13.1. The van der Waals surface area contributed by atoms with Crippen molar-refractivity contribution in [2.75, 3.05) is 6.54 Å². The van der Waals surface area contributed by atoms with E-state index < -0.39 is 0 Å². The minimum atomic E-state index is -0.144. The summed E-state index contributed by atoms with van der Waals surface area (Å²) in [4.78, 5) is 17.1. The molecule has 0 aliphatic rings. The van der Waals surface area contributed by atoms with E-state index in [9.17, 15) is 4.79 Å². The van der Waals surface area contributed by atoms with Gasteiger partial charge >= 0.3 is 0 Å². The second kappa shape index (κ2) is 9.96. The molecule has 0 spiro atoms. The van der Waals surface area contributed by atoms with Crippen molar-refractivity contribution >= 4 is 5.91 Å². The molecule has 2 heterocycles. The lowest BCUT2D eigenvalue weighted by atomic mass is 10.2. The van der Waals surface area contributed by atoms with Crippen molar-refractivity contribution < 1.29 is 14.1 Å². The SMILES string of the molecule is Cc1noc(C)c1COc1cccc(C(=O)NCCc2nccn2Cc2ccccc2)c1. The number of amides is 1. The van der Waals surface area contributed by atoms with Crippen molar-refractivity contribution in [2.45, 2.75) is 33.4 Å². The van der Waals surface area contributed by atoms with Gasteiger partial charge in [0.25, 0.3) is 5.91 Å². The number of carbonyl (C=O) groups is 1. The lowest BCUT2D eigenvalue weighted by molar-refractivity contribution is 0.0953. The fourth-order valence-corrected chi connectivity index (χ4v) is 3.47. The zero-order valence-electron chi connectivity index (χ0n) is 18.2. The highest BCUT2D eigenvalue weighted by atomic mass is 16.5. The van der Waals surface area contributed by atoms with E-state index in [2.05, 4.69) is 32.2 Å². The molecular weight excluding hydrogens is 404 g/mol. The summed E-state index contributed by atoms with van der Waals surface area (Å²) in [6.45, 7) is 5.33. The molecule has 1 amide bonds. The Morgan fingerprint density at radius 2 is 1.97 bits per heavy atom. The molecule has 4 rings (SSSR count). The van der Waals surface area contributed by atoms with Crippen molar-refractivity contribution in [2.24, 2.45) is 0 Å². The molecule has 0 saturated heterocycles. The van der Waals surface area contributed by atoms with Gasteiger partial charge in [-0.25, -0.2) is 4.98 Å². The van der Waals surface area contributed by atoms with Gasteiger partial charge in [-0.1, -0.05) is 41.6 Å². The van der Waals surface area contributed by atoms with Crippen LogP contribution in [0.5, 0.6) is 5.75 Å². The predicted molar refractivity (Wildman–Crippen MR) is 121 cm³/mol. The zero-order chi connectivity index (χ0) is 22.3. The number of carbonyl (C=O) groups excluding carboxylic acids is 1. The highest BCUT2D eigenvalue weighted by Crippen LogP contribution is 2.18. The number of hydrogen-bond acceptors (Lipinski definition) is 5. The summed E-state index contributed by atoms with van der Waals surface area (Å²) in [6, 6.07) is 17.4. The molecule has 164 valence electrons. The van der Waals surface area contributed by atoms with Gasteiger partial charge in [0, 0.05) is 37.5 Å². The van der Waals surface area contributed by atoms with E-state index in [1.807, 2.05) is 50.4 Å². The van der Waals surface area contributed by atoms with Crippen LogP contribution >= 0.6 is 0 Å². The van der Waals surface area contributed by atoms with E-state index in [0.717, 1.165) is 29.4 Å². The molecule has 0 saturated carbocycles. The van der Waals surface area contributed by atoms with E-state index >= 15 is 0 Å². The number of rotatable bonds is 9. The fourth-order valence-electron chi connectivity index (χ4n) is 3.47. The number of aryl methyl sites for hydroxylation is 2. The van der Waals surface area contributed by atoms with Gasteiger partial charge in [0.1, 0.15) is 23.9 Å². The third-order valence-electron chi connectivity index (χ3n) is 5.29. The zero-order valence-corrected chi connectivity index (χ0v) is 18.2. The molecule has 2 aromatic carbocycles. The normalized spacial score (nSPS) is 10.8. The average Bonchev–Trinajstić information content (AvgIpc) is 3.38. The summed E-state index contributed by atoms with van der Waals surface area (Å²) in [5.41, 5.74) is 3.49. The molecule has 2 aromatic heterocycles. The van der Waals surface area contributed by atoms with E-state index in [1.165, 1.54) is 5.56 Å². The number of nitrogens with zero attached hydrogens (tertiary/aromatic N) is 3. The fraction of sp³-hybridized carbons (Fsp3) is 0.240. The van der Waals surface area contributed by atoms with Crippen molar-refractivity contribution in [3.8, 4) is 5.75 Å². The molecule has 0 bridgehead atoms. The highest BCUT2D eigenvalue weighted by Gasteiger charge is 2.11. The molecule has 4 aromatic rings. The molecule has 0 aliphatic heterocycles. The second-order valence-corrected chi connectivity index (χ2v) is 7.58. The van der Waals surface area contributed by atoms with Gasteiger partial charge in [-0.2, -0.15) is 0 Å². The van der Waals surface area contributed by atoms with Gasteiger partial charge in [0.2, 0.25) is 0 Å². The van der Waals surface area contributed by atoms with Gasteiger partial charge < -0.3 is 19.1 Å². The van der Waals surface area contributed by atoms with Crippen LogP contribution in [-0.2, 0) is 19.6 Å². The van der Waals surface area contributed by atoms with Crippen molar-refractivity contribution in [3.63, 3.8) is 0 Å². The molecule has 0 unspecified atom stereocenters. The number of hydrogen-bond donors (Lipinski definition) is 1. The van der Waals surface area contributed by atoms with Crippen LogP contribution in [0.1, 0.15) is 38.8 Å². The summed E-state index contributed by atoms with van der Waals surface area (Å²) in [5, 5.41) is 6.90. The van der Waals surface area contributed by atoms with E-state index in [0.29, 0.717) is 30.9 Å². The van der Waals surface area contributed by atoms with Gasteiger partial charge in [-0.15, -0.1) is 0 Å². The molecule has 32 heavy (non-hydrogen) atoms. The number of benzene rings is 2. The average molecular weight is 431 g/mol. The Morgan fingerprint density at radius 3 is 2.75 bits per heavy atom. The second-order valence-electron chi connectivity index (χ2n) is 7.58. The van der Waals surface area contributed by atoms with E-state index in [-0.39, 0.29) is 5.91 Å². The predicted octanol–water partition coefficient (Wildman–Crippen LogP) is 4.09. The first-order valence-electron chi connectivity index (χ1n) is 10.6. The minimum absolute atomic E-state index is 0.144. The number of imidazole rings is 1. The Labute approximate surface area is 187 Å². The highest BCUT2D eigenvalue weighted by molar-refractivity contribution is 5.94. The lowest BCUT2D eigenvalue weighted by Crippen LogP contribution is -2.26. The Balaban J connectivity index is 1.30. The third kappa shape index (κ3) is 5.24. The minimum Gasteiger partial charge on any atom is -0.489 e. The van der Waals surface area contributed by atoms with Gasteiger partial charge in [-0.3, -0.25) is 4.79 Å². The van der Waals surface area contributed by atoms with Gasteiger partial charge in [0.15, 0.2) is 0 Å². The topological polar surface area (TPSA) is 82.2 Å². The molecule has 0 radical (unpaired) electrons. The van der Waals surface area contributed by atoms with Gasteiger partial charge in [-0.05, 0) is 37.6 Å². The molecule has 0 fully saturated rings. The molecule has 7 nitrogen and oxygen atoms in total. The number of ether oxygens (including phenoxy) is 1. The molecule has 1 N–H and O–H groups in total. The first kappa shape index (κ1) is 21.4. The molecule has 0 aliphatic carbocycles. The first-order valence-corrected chi connectivity index (χ1v) is 10.6. The monoisotopic (exact) mass is 430 g/mol. The third-order valence-corrected chi connectivity index (χ3v) is 5.29. The van der Waals surface area contributed by atoms with Crippen molar-refractivity contribution in [1.82, 2.24) is 20.0 Å². The van der Waals surface area contributed by atoms with Crippen LogP contribution < -0.4 is 10.1 Å². The van der Waals surface area contributed by atoms with E-state index in [4.69, 9.17) is 9.26 Å². The van der Waals surface area contributed by atoms with E-state index in [1.54, 1.807) is 18.3 Å². The van der Waals surface area contributed by atoms with Crippen molar-refractivity contribution in [3.05, 3.63) is 101 Å². The number of nitrogens with one attached hydrogen (secondary N) is 1. The van der Waals surface area contributed by atoms with Crippen LogP contribution in [0.3, 0.4) is 0 Å². The van der Waals surface area contributed by atoms with Crippen LogP contribution in [0, 0.1) is 13.8 Å². The smallest absolute Gasteiger partial charge is 0.251 e. The first-order chi connectivity index (χ1) is 15.6. The summed E-state index contributed by atoms with van der Waals surface area (Å²) in [7, 11) is 0. The summed E-state index contributed by atoms with van der Waals surface area (Å²) >= 11 is 0. The maximum Gasteiger partial charge on any atom is 0.251 e. The largest absolute Gasteiger partial charge is 0.489 e. The van der Waals surface area contributed by atoms with Crippen LogP contribution in [0.4, 0.5) is 0 Å². The number of aromatic nitrogens is 3. The van der Waals surface area contributed by atoms with Crippen LogP contribution in [-0.4, -0.2) is 27.2 Å². The Bertz CT molecular complexity index is 1160. The summed E-state index contributed by atoms with van der Waals surface area (Å²) in [6.07, 6.45) is 4.40. The van der Waals surface area contributed by atoms with Gasteiger partial charge in [0.05, 0.1) is 11.3 Å².